The van der Waals surface area contributed by atoms with Crippen molar-refractivity contribution in [2.45, 2.75) is 19.8 Å². The lowest BCUT2D eigenvalue weighted by atomic mass is 10.1. The number of carboxylic acid groups (broad SMARTS) is 1. The summed E-state index contributed by atoms with van der Waals surface area (Å²) >= 11 is 0. The molecule has 0 aromatic carbocycles. The second-order valence-corrected chi connectivity index (χ2v) is 5.11. The van der Waals surface area contributed by atoms with Crippen LogP contribution >= 0.6 is 0 Å². The summed E-state index contributed by atoms with van der Waals surface area (Å²) in [6.07, 6.45) is 3.52. The monoisotopic (exact) mass is 231 g/mol. The summed E-state index contributed by atoms with van der Waals surface area (Å²) in [5, 5.41) is 13.5. The van der Waals surface area contributed by atoms with Gasteiger partial charge in [-0.05, 0) is 11.5 Å². The third-order valence-electron chi connectivity index (χ3n) is 3.67. The Morgan fingerprint density at radius 2 is 2.29 bits per heavy atom. The average Bonchev–Trinajstić information content (AvgIpc) is 2.68. The number of aliphatic carboxylic acids is 1. The van der Waals surface area contributed by atoms with Gasteiger partial charge in [0.25, 0.3) is 0 Å². The van der Waals surface area contributed by atoms with Crippen LogP contribution in [0.2, 0.25) is 0 Å². The third kappa shape index (κ3) is 1.35. The standard InChI is InChI=1S/C12H13N3O2/c1-12(2)9(10(12)11(16)17)7-6-8-13-4-3-5-15(8)14-7/h3-6,9-10H,1-2H3,(H,16,17)/t9-,10+/m1/s1. The summed E-state index contributed by atoms with van der Waals surface area (Å²) in [6, 6.07) is 3.67. The Morgan fingerprint density at radius 1 is 1.53 bits per heavy atom. The average molecular weight is 231 g/mol. The minimum absolute atomic E-state index is 0.0123. The normalized spacial score (nSPS) is 26.0. The van der Waals surface area contributed by atoms with Gasteiger partial charge in [-0.3, -0.25) is 4.79 Å². The molecule has 5 heteroatoms. The van der Waals surface area contributed by atoms with Crippen molar-refractivity contribution in [3.63, 3.8) is 0 Å². The Labute approximate surface area is 98.1 Å². The van der Waals surface area contributed by atoms with E-state index in [2.05, 4.69) is 10.1 Å². The number of fused-ring (bicyclic) bond motifs is 1. The first-order valence-corrected chi connectivity index (χ1v) is 5.55. The van der Waals surface area contributed by atoms with Gasteiger partial charge in [-0.15, -0.1) is 0 Å². The second-order valence-electron chi connectivity index (χ2n) is 5.11. The fourth-order valence-corrected chi connectivity index (χ4v) is 2.65. The molecule has 0 unspecified atom stereocenters. The van der Waals surface area contributed by atoms with Crippen LogP contribution in [0.15, 0.2) is 24.5 Å². The van der Waals surface area contributed by atoms with Gasteiger partial charge in [-0.25, -0.2) is 9.50 Å². The van der Waals surface area contributed by atoms with E-state index in [4.69, 9.17) is 5.11 Å². The van der Waals surface area contributed by atoms with Gasteiger partial charge in [0, 0.05) is 24.4 Å². The molecule has 0 saturated heterocycles. The Bertz CT molecular complexity index is 570. The van der Waals surface area contributed by atoms with E-state index in [1.54, 1.807) is 16.8 Å². The molecule has 0 bridgehead atoms. The van der Waals surface area contributed by atoms with Crippen LogP contribution in [0.1, 0.15) is 25.5 Å². The first kappa shape index (κ1) is 10.3. The minimum atomic E-state index is -0.745. The van der Waals surface area contributed by atoms with Crippen molar-refractivity contribution in [2.75, 3.05) is 0 Å². The number of hydrogen-bond acceptors (Lipinski definition) is 3. The number of carboxylic acids is 1. The van der Waals surface area contributed by atoms with E-state index in [-0.39, 0.29) is 17.3 Å². The molecule has 2 aromatic rings. The van der Waals surface area contributed by atoms with Crippen molar-refractivity contribution >= 4 is 11.6 Å². The molecule has 2 atom stereocenters. The van der Waals surface area contributed by atoms with Crippen LogP contribution in [0.25, 0.3) is 5.65 Å². The van der Waals surface area contributed by atoms with Crippen molar-refractivity contribution in [3.05, 3.63) is 30.2 Å². The van der Waals surface area contributed by atoms with Crippen molar-refractivity contribution < 1.29 is 9.90 Å². The third-order valence-corrected chi connectivity index (χ3v) is 3.67. The molecular weight excluding hydrogens is 218 g/mol. The van der Waals surface area contributed by atoms with Crippen LogP contribution in [0.4, 0.5) is 0 Å². The van der Waals surface area contributed by atoms with E-state index in [0.717, 1.165) is 11.3 Å². The lowest BCUT2D eigenvalue weighted by Crippen LogP contribution is -2.03. The number of carbonyl (C=O) groups is 1. The Balaban J connectivity index is 2.03. The van der Waals surface area contributed by atoms with Gasteiger partial charge in [0.15, 0.2) is 5.65 Å². The molecule has 1 N–H and O–H groups in total. The first-order chi connectivity index (χ1) is 8.01. The Kier molecular flexibility index (Phi) is 1.85. The van der Waals surface area contributed by atoms with E-state index in [1.807, 2.05) is 26.1 Å². The summed E-state index contributed by atoms with van der Waals surface area (Å²) < 4.78 is 1.68. The van der Waals surface area contributed by atoms with Crippen LogP contribution < -0.4 is 0 Å². The van der Waals surface area contributed by atoms with Gasteiger partial charge < -0.3 is 5.11 Å². The topological polar surface area (TPSA) is 67.5 Å². The van der Waals surface area contributed by atoms with Crippen molar-refractivity contribution in [3.8, 4) is 0 Å². The SMILES string of the molecule is CC1(C)[C@H](C(=O)O)[C@H]1c1cc2ncccn2n1. The molecule has 0 spiro atoms. The fourth-order valence-electron chi connectivity index (χ4n) is 2.65. The number of aromatic nitrogens is 3. The zero-order chi connectivity index (χ0) is 12.2. The molecule has 17 heavy (non-hydrogen) atoms. The molecule has 1 saturated carbocycles. The van der Waals surface area contributed by atoms with Crippen LogP contribution in [-0.4, -0.2) is 25.7 Å². The van der Waals surface area contributed by atoms with E-state index < -0.39 is 5.97 Å². The second kappa shape index (κ2) is 3.06. The molecule has 1 aliphatic carbocycles. The predicted octanol–water partition coefficient (Wildman–Crippen LogP) is 1.55. The van der Waals surface area contributed by atoms with Gasteiger partial charge in [0.1, 0.15) is 0 Å². The van der Waals surface area contributed by atoms with Crippen LogP contribution in [0.3, 0.4) is 0 Å². The van der Waals surface area contributed by atoms with Gasteiger partial charge in [-0.1, -0.05) is 13.8 Å². The largest absolute Gasteiger partial charge is 0.481 e. The summed E-state index contributed by atoms with van der Waals surface area (Å²) in [4.78, 5) is 15.3. The zero-order valence-electron chi connectivity index (χ0n) is 9.66. The molecule has 0 aliphatic heterocycles. The van der Waals surface area contributed by atoms with Gasteiger partial charge >= 0.3 is 5.97 Å². The molecule has 88 valence electrons. The number of rotatable bonds is 2. The molecule has 5 nitrogen and oxygen atoms in total. The maximum absolute atomic E-state index is 11.1. The Hall–Kier alpha value is -1.91. The summed E-state index contributed by atoms with van der Waals surface area (Å²) in [5.41, 5.74) is 1.36. The molecule has 0 amide bonds. The fraction of sp³-hybridized carbons (Fsp3) is 0.417. The Morgan fingerprint density at radius 3 is 2.88 bits per heavy atom. The number of hydrogen-bond donors (Lipinski definition) is 1. The quantitative estimate of drug-likeness (QED) is 0.851. The molecule has 0 radical (unpaired) electrons. The molecule has 2 aromatic heterocycles. The van der Waals surface area contributed by atoms with Crippen molar-refractivity contribution in [2.24, 2.45) is 11.3 Å². The maximum Gasteiger partial charge on any atom is 0.307 e. The van der Waals surface area contributed by atoms with Crippen molar-refractivity contribution in [1.82, 2.24) is 14.6 Å². The highest BCUT2D eigenvalue weighted by molar-refractivity contribution is 5.77. The van der Waals surface area contributed by atoms with E-state index in [0.29, 0.717) is 0 Å². The highest BCUT2D eigenvalue weighted by atomic mass is 16.4. The highest BCUT2D eigenvalue weighted by Gasteiger charge is 2.63. The van der Waals surface area contributed by atoms with E-state index in [9.17, 15) is 4.79 Å². The van der Waals surface area contributed by atoms with Gasteiger partial charge in [-0.2, -0.15) is 5.10 Å². The minimum Gasteiger partial charge on any atom is -0.481 e. The maximum atomic E-state index is 11.1. The first-order valence-electron chi connectivity index (χ1n) is 5.55. The molecular formula is C12H13N3O2. The van der Waals surface area contributed by atoms with E-state index >= 15 is 0 Å². The van der Waals surface area contributed by atoms with Gasteiger partial charge in [0.05, 0.1) is 11.6 Å². The van der Waals surface area contributed by atoms with E-state index in [1.165, 1.54) is 0 Å². The summed E-state index contributed by atoms with van der Waals surface area (Å²) in [5.74, 6) is -1.10. The number of nitrogens with zero attached hydrogens (tertiary/aromatic N) is 3. The zero-order valence-corrected chi connectivity index (χ0v) is 9.66. The molecule has 2 heterocycles. The van der Waals surface area contributed by atoms with Crippen LogP contribution in [0.5, 0.6) is 0 Å². The molecule has 1 aliphatic rings. The molecule has 1 fully saturated rings. The predicted molar refractivity (Wildman–Crippen MR) is 60.6 cm³/mol. The highest BCUT2D eigenvalue weighted by Crippen LogP contribution is 2.64. The lowest BCUT2D eigenvalue weighted by Gasteiger charge is -1.97. The smallest absolute Gasteiger partial charge is 0.307 e. The van der Waals surface area contributed by atoms with Crippen LogP contribution in [-0.2, 0) is 4.79 Å². The lowest BCUT2D eigenvalue weighted by molar-refractivity contribution is -0.139. The van der Waals surface area contributed by atoms with Crippen molar-refractivity contribution in [1.29, 1.82) is 0 Å². The van der Waals surface area contributed by atoms with Gasteiger partial charge in [0.2, 0.25) is 0 Å². The van der Waals surface area contributed by atoms with Crippen LogP contribution in [0, 0.1) is 11.3 Å². The summed E-state index contributed by atoms with van der Waals surface area (Å²) in [6.45, 7) is 3.93. The summed E-state index contributed by atoms with van der Waals surface area (Å²) in [7, 11) is 0. The molecule has 3 rings (SSSR count).